The highest BCUT2D eigenvalue weighted by Gasteiger charge is 2.31. The highest BCUT2D eigenvalue weighted by molar-refractivity contribution is 5.20. The third-order valence-electron chi connectivity index (χ3n) is 4.80. The smallest absolute Gasteiger partial charge is 0.0475 e. The summed E-state index contributed by atoms with van der Waals surface area (Å²) < 4.78 is 0. The number of nitrogens with one attached hydrogen (secondary N) is 1. The van der Waals surface area contributed by atoms with Gasteiger partial charge in [0.2, 0.25) is 0 Å². The number of hydrogen-bond donors (Lipinski definition) is 1. The molecule has 118 valence electrons. The molecule has 1 aromatic carbocycles. The first-order chi connectivity index (χ1) is 10.2. The van der Waals surface area contributed by atoms with Crippen molar-refractivity contribution >= 4 is 0 Å². The van der Waals surface area contributed by atoms with E-state index in [2.05, 4.69) is 73.4 Å². The van der Waals surface area contributed by atoms with Gasteiger partial charge in [0, 0.05) is 31.2 Å². The summed E-state index contributed by atoms with van der Waals surface area (Å²) in [7, 11) is 4.34. The molecule has 1 fully saturated rings. The first-order valence-electron chi connectivity index (χ1n) is 8.33. The number of rotatable bonds is 5. The zero-order chi connectivity index (χ0) is 15.2. The van der Waals surface area contributed by atoms with Gasteiger partial charge in [0.1, 0.15) is 0 Å². The Kier molecular flexibility index (Phi) is 6.22. The van der Waals surface area contributed by atoms with E-state index >= 15 is 0 Å². The Hall–Kier alpha value is -0.900. The Morgan fingerprint density at radius 1 is 1.24 bits per heavy atom. The average molecular weight is 289 g/mol. The molecule has 21 heavy (non-hydrogen) atoms. The third-order valence-corrected chi connectivity index (χ3v) is 4.80. The maximum atomic E-state index is 3.56. The number of benzene rings is 1. The molecule has 1 heterocycles. The normalized spacial score (nSPS) is 24.5. The predicted molar refractivity (Wildman–Crippen MR) is 90.6 cm³/mol. The third kappa shape index (κ3) is 4.06. The van der Waals surface area contributed by atoms with Gasteiger partial charge < -0.3 is 10.2 Å². The molecule has 3 nitrogen and oxygen atoms in total. The summed E-state index contributed by atoms with van der Waals surface area (Å²) in [6.45, 7) is 8.28. The monoisotopic (exact) mass is 289 g/mol. The van der Waals surface area contributed by atoms with Gasteiger partial charge in [0.15, 0.2) is 0 Å². The second-order valence-electron chi connectivity index (χ2n) is 6.36. The van der Waals surface area contributed by atoms with Crippen LogP contribution in [-0.4, -0.2) is 55.6 Å². The highest BCUT2D eigenvalue weighted by atomic mass is 15.3. The number of hydrogen-bond acceptors (Lipinski definition) is 3. The molecule has 0 saturated carbocycles. The molecular formula is C18H31N3. The molecule has 3 atom stereocenters. The van der Waals surface area contributed by atoms with E-state index in [1.165, 1.54) is 38.0 Å². The molecule has 0 radical (unpaired) electrons. The van der Waals surface area contributed by atoms with Crippen LogP contribution in [0.25, 0.3) is 0 Å². The first-order valence-corrected chi connectivity index (χ1v) is 8.33. The van der Waals surface area contributed by atoms with Crippen molar-refractivity contribution in [3.05, 3.63) is 35.9 Å². The van der Waals surface area contributed by atoms with Crippen molar-refractivity contribution in [3.8, 4) is 0 Å². The SMILES string of the molecule is CCC(C(NC)c1ccccc1)N1CCCN(C)CC1C. The summed E-state index contributed by atoms with van der Waals surface area (Å²) in [5.74, 6) is 0. The Bertz CT molecular complexity index is 406. The molecule has 2 rings (SSSR count). The van der Waals surface area contributed by atoms with Gasteiger partial charge in [-0.15, -0.1) is 0 Å². The zero-order valence-electron chi connectivity index (χ0n) is 14.0. The second kappa shape index (κ2) is 7.92. The molecule has 1 aromatic rings. The molecule has 0 aliphatic carbocycles. The quantitative estimate of drug-likeness (QED) is 0.899. The van der Waals surface area contributed by atoms with Gasteiger partial charge in [-0.2, -0.15) is 0 Å². The van der Waals surface area contributed by atoms with Crippen molar-refractivity contribution in [1.82, 2.24) is 15.1 Å². The highest BCUT2D eigenvalue weighted by Crippen LogP contribution is 2.26. The second-order valence-corrected chi connectivity index (χ2v) is 6.36. The van der Waals surface area contributed by atoms with Crippen LogP contribution in [0.4, 0.5) is 0 Å². The van der Waals surface area contributed by atoms with E-state index in [9.17, 15) is 0 Å². The largest absolute Gasteiger partial charge is 0.312 e. The zero-order valence-corrected chi connectivity index (χ0v) is 14.0. The van der Waals surface area contributed by atoms with Crippen molar-refractivity contribution in [2.24, 2.45) is 0 Å². The van der Waals surface area contributed by atoms with Crippen LogP contribution in [0.1, 0.15) is 38.3 Å². The van der Waals surface area contributed by atoms with Crippen LogP contribution in [0.2, 0.25) is 0 Å². The Morgan fingerprint density at radius 2 is 1.95 bits per heavy atom. The molecular weight excluding hydrogens is 258 g/mol. The minimum atomic E-state index is 0.405. The van der Waals surface area contributed by atoms with Gasteiger partial charge in [-0.25, -0.2) is 0 Å². The van der Waals surface area contributed by atoms with E-state index in [1.54, 1.807) is 0 Å². The van der Waals surface area contributed by atoms with Crippen LogP contribution in [0, 0.1) is 0 Å². The van der Waals surface area contributed by atoms with Crippen LogP contribution in [0.3, 0.4) is 0 Å². The summed E-state index contributed by atoms with van der Waals surface area (Å²) in [4.78, 5) is 5.19. The van der Waals surface area contributed by atoms with Crippen molar-refractivity contribution in [2.75, 3.05) is 33.7 Å². The summed E-state index contributed by atoms with van der Waals surface area (Å²) in [6, 6.07) is 12.5. The predicted octanol–water partition coefficient (Wildman–Crippen LogP) is 2.75. The summed E-state index contributed by atoms with van der Waals surface area (Å²) in [5.41, 5.74) is 1.40. The molecule has 3 heteroatoms. The first kappa shape index (κ1) is 16.5. The Morgan fingerprint density at radius 3 is 2.57 bits per heavy atom. The lowest BCUT2D eigenvalue weighted by molar-refractivity contribution is 0.111. The number of nitrogens with zero attached hydrogens (tertiary/aromatic N) is 2. The number of likely N-dealkylation sites (N-methyl/N-ethyl adjacent to an activating group) is 2. The van der Waals surface area contributed by atoms with Gasteiger partial charge in [0.25, 0.3) is 0 Å². The van der Waals surface area contributed by atoms with Crippen LogP contribution >= 0.6 is 0 Å². The lowest BCUT2D eigenvalue weighted by Gasteiger charge is -2.40. The van der Waals surface area contributed by atoms with Crippen molar-refractivity contribution in [2.45, 2.75) is 44.8 Å². The fourth-order valence-electron chi connectivity index (χ4n) is 3.79. The van der Waals surface area contributed by atoms with Crippen molar-refractivity contribution in [1.29, 1.82) is 0 Å². The molecule has 0 bridgehead atoms. The standard InChI is InChI=1S/C18H31N3/c1-5-17(18(19-3)16-10-7-6-8-11-16)21-13-9-12-20(4)14-15(21)2/h6-8,10-11,15,17-19H,5,9,12-14H2,1-4H3. The van der Waals surface area contributed by atoms with Crippen molar-refractivity contribution < 1.29 is 0 Å². The fraction of sp³-hybridized carbons (Fsp3) is 0.667. The molecule has 0 spiro atoms. The Labute approximate surface area is 130 Å². The van der Waals surface area contributed by atoms with Crippen LogP contribution < -0.4 is 5.32 Å². The topological polar surface area (TPSA) is 18.5 Å². The van der Waals surface area contributed by atoms with E-state index in [-0.39, 0.29) is 0 Å². The van der Waals surface area contributed by atoms with Crippen LogP contribution in [-0.2, 0) is 0 Å². The Balaban J connectivity index is 2.20. The van der Waals surface area contributed by atoms with E-state index in [0.717, 1.165) is 0 Å². The molecule has 1 saturated heterocycles. The van der Waals surface area contributed by atoms with Crippen molar-refractivity contribution in [3.63, 3.8) is 0 Å². The van der Waals surface area contributed by atoms with Gasteiger partial charge in [-0.1, -0.05) is 37.3 Å². The van der Waals surface area contributed by atoms with E-state index in [4.69, 9.17) is 0 Å². The molecule has 0 amide bonds. The fourth-order valence-corrected chi connectivity index (χ4v) is 3.79. The lowest BCUT2D eigenvalue weighted by atomic mass is 9.95. The lowest BCUT2D eigenvalue weighted by Crippen LogP contribution is -2.49. The van der Waals surface area contributed by atoms with Gasteiger partial charge in [-0.3, -0.25) is 4.90 Å². The van der Waals surface area contributed by atoms with Crippen LogP contribution in [0.5, 0.6) is 0 Å². The minimum Gasteiger partial charge on any atom is -0.312 e. The minimum absolute atomic E-state index is 0.405. The van der Waals surface area contributed by atoms with Gasteiger partial charge >= 0.3 is 0 Å². The molecule has 1 aliphatic rings. The molecule has 1 aliphatic heterocycles. The summed E-state index contributed by atoms with van der Waals surface area (Å²) >= 11 is 0. The van der Waals surface area contributed by atoms with Gasteiger partial charge in [-0.05, 0) is 46.0 Å². The van der Waals surface area contributed by atoms with Crippen LogP contribution in [0.15, 0.2) is 30.3 Å². The molecule has 1 N–H and O–H groups in total. The van der Waals surface area contributed by atoms with E-state index in [1.807, 2.05) is 0 Å². The average Bonchev–Trinajstić information content (AvgIpc) is 2.66. The maximum Gasteiger partial charge on any atom is 0.0475 e. The summed E-state index contributed by atoms with van der Waals surface area (Å²) in [5, 5.41) is 3.56. The maximum absolute atomic E-state index is 3.56. The molecule has 0 aromatic heterocycles. The summed E-state index contributed by atoms with van der Waals surface area (Å²) in [6.07, 6.45) is 2.44. The molecule has 3 unspecified atom stereocenters. The van der Waals surface area contributed by atoms with E-state index < -0.39 is 0 Å². The van der Waals surface area contributed by atoms with E-state index in [0.29, 0.717) is 18.1 Å². The van der Waals surface area contributed by atoms with Gasteiger partial charge in [0.05, 0.1) is 0 Å².